The van der Waals surface area contributed by atoms with Crippen molar-refractivity contribution in [1.82, 2.24) is 4.90 Å². The van der Waals surface area contributed by atoms with E-state index in [0.29, 0.717) is 33.3 Å². The van der Waals surface area contributed by atoms with Crippen LogP contribution in [0.2, 0.25) is 0 Å². The minimum Gasteiger partial charge on any atom is -0.343 e. The number of allylic oxidation sites excluding steroid dienone is 2. The highest BCUT2D eigenvalue weighted by Gasteiger charge is 2.76. The van der Waals surface area contributed by atoms with E-state index in [9.17, 15) is 4.79 Å². The van der Waals surface area contributed by atoms with Crippen LogP contribution in [0.4, 0.5) is 0 Å². The fourth-order valence-electron chi connectivity index (χ4n) is 11.5. The van der Waals surface area contributed by atoms with Gasteiger partial charge in [0.15, 0.2) is 0 Å². The second kappa shape index (κ2) is 14.4. The predicted molar refractivity (Wildman–Crippen MR) is 197 cm³/mol. The Kier molecular flexibility index (Phi) is 11.5. The molecule has 0 heterocycles. The molecular formula is C39H69N3OS2. The van der Waals surface area contributed by atoms with E-state index in [1.165, 1.54) is 77.0 Å². The van der Waals surface area contributed by atoms with Gasteiger partial charge in [0.25, 0.3) is 0 Å². The van der Waals surface area contributed by atoms with E-state index < -0.39 is 0 Å². The standard InChI is InChI=1S/C39H69N3OS2/c1-27(2)9-8-18-36(5)26-39(36)21-14-34-32-11-10-30-25-31(12-19-37(30,6)33(32)13-20-38(34,39)7)45-44-24-17-35(43)42(22-15-28(3)40)23-16-29(4)41/h10,27-29,31-34H,8-9,11-26,40-41H2,1-7H3/t28?,29?,31-,32+,33-,34-,36-,37-,38-,39-/m0/s1. The van der Waals surface area contributed by atoms with Crippen LogP contribution in [0, 0.1) is 45.3 Å². The lowest BCUT2D eigenvalue weighted by molar-refractivity contribution is -0.130. The number of carbonyl (C=O) groups is 1. The molecule has 0 aromatic carbocycles. The van der Waals surface area contributed by atoms with Gasteiger partial charge < -0.3 is 16.4 Å². The average Bonchev–Trinajstić information content (AvgIpc) is 3.46. The van der Waals surface area contributed by atoms with Crippen molar-refractivity contribution in [3.8, 4) is 0 Å². The highest BCUT2D eigenvalue weighted by atomic mass is 33.1. The van der Waals surface area contributed by atoms with Crippen molar-refractivity contribution in [3.05, 3.63) is 11.6 Å². The first-order valence-corrected chi connectivity index (χ1v) is 21.4. The first-order chi connectivity index (χ1) is 21.2. The van der Waals surface area contributed by atoms with Crippen LogP contribution in [0.1, 0.15) is 145 Å². The minimum absolute atomic E-state index is 0.119. The largest absolute Gasteiger partial charge is 0.343 e. The fraction of sp³-hybridized carbons (Fsp3) is 0.923. The molecule has 5 rings (SSSR count). The van der Waals surface area contributed by atoms with Crippen LogP contribution in [-0.2, 0) is 4.79 Å². The third kappa shape index (κ3) is 7.25. The van der Waals surface area contributed by atoms with Crippen molar-refractivity contribution in [1.29, 1.82) is 0 Å². The van der Waals surface area contributed by atoms with Gasteiger partial charge in [-0.1, -0.05) is 80.7 Å². The van der Waals surface area contributed by atoms with Gasteiger partial charge in [0.05, 0.1) is 0 Å². The summed E-state index contributed by atoms with van der Waals surface area (Å²) in [4.78, 5) is 15.1. The molecule has 4 saturated carbocycles. The molecule has 4 fully saturated rings. The fourth-order valence-corrected chi connectivity index (χ4v) is 14.1. The number of nitrogens with two attached hydrogens (primary N) is 2. The summed E-state index contributed by atoms with van der Waals surface area (Å²) < 4.78 is 0. The van der Waals surface area contributed by atoms with Gasteiger partial charge in [-0.3, -0.25) is 4.79 Å². The van der Waals surface area contributed by atoms with Gasteiger partial charge in [-0.25, -0.2) is 0 Å². The maximum atomic E-state index is 13.0. The summed E-state index contributed by atoms with van der Waals surface area (Å²) in [5, 5.41) is 0.690. The molecule has 5 aliphatic carbocycles. The Hall–Kier alpha value is -0.170. The van der Waals surface area contributed by atoms with E-state index in [1.54, 1.807) is 5.57 Å². The molecule has 0 saturated heterocycles. The Bertz CT molecular complexity index is 1050. The zero-order valence-corrected chi connectivity index (χ0v) is 31.8. The summed E-state index contributed by atoms with van der Waals surface area (Å²) in [7, 11) is 4.00. The van der Waals surface area contributed by atoms with E-state index in [4.69, 9.17) is 11.5 Å². The summed E-state index contributed by atoms with van der Waals surface area (Å²) in [6, 6.07) is 0.237. The lowest BCUT2D eigenvalue weighted by atomic mass is 9.46. The lowest BCUT2D eigenvalue weighted by Gasteiger charge is -2.58. The van der Waals surface area contributed by atoms with Gasteiger partial charge in [-0.05, 0) is 136 Å². The monoisotopic (exact) mass is 659 g/mol. The van der Waals surface area contributed by atoms with E-state index in [0.717, 1.165) is 55.4 Å². The summed E-state index contributed by atoms with van der Waals surface area (Å²) in [6.45, 7) is 18.4. The van der Waals surface area contributed by atoms with Crippen LogP contribution < -0.4 is 11.5 Å². The maximum absolute atomic E-state index is 13.0. The van der Waals surface area contributed by atoms with Gasteiger partial charge in [-0.2, -0.15) is 0 Å². The first kappa shape index (κ1) is 36.1. The SMILES string of the molecule is CC(C)CCC[C@@]1(C)C[C@@]12CC[C@H]1[C@@H]3CC=C4C[C@@H](SSCCC(=O)N(CCC(C)N)CCC(C)N)CC[C@]4(C)[C@H]3CC[C@@]12C. The Morgan fingerprint density at radius 1 is 0.956 bits per heavy atom. The summed E-state index contributed by atoms with van der Waals surface area (Å²) >= 11 is 0. The Morgan fingerprint density at radius 2 is 1.64 bits per heavy atom. The Labute approximate surface area is 285 Å². The maximum Gasteiger partial charge on any atom is 0.223 e. The van der Waals surface area contributed by atoms with Crippen molar-refractivity contribution in [2.45, 2.75) is 162 Å². The number of fused-ring (bicyclic) bond motifs is 6. The second-order valence-corrected chi connectivity index (χ2v) is 20.6. The molecule has 0 aromatic heterocycles. The van der Waals surface area contributed by atoms with Crippen molar-refractivity contribution >= 4 is 27.5 Å². The third-order valence-corrected chi connectivity index (χ3v) is 17.2. The molecule has 45 heavy (non-hydrogen) atoms. The molecule has 0 aliphatic heterocycles. The second-order valence-electron chi connectivity index (χ2n) is 17.8. The first-order valence-electron chi connectivity index (χ1n) is 19.0. The number of hydrogen-bond acceptors (Lipinski definition) is 5. The van der Waals surface area contributed by atoms with Crippen LogP contribution in [0.25, 0.3) is 0 Å². The number of rotatable bonds is 15. The van der Waals surface area contributed by atoms with E-state index >= 15 is 0 Å². The van der Waals surface area contributed by atoms with Crippen molar-refractivity contribution in [3.63, 3.8) is 0 Å². The number of amides is 1. The number of nitrogens with zero attached hydrogens (tertiary/aromatic N) is 1. The Balaban J connectivity index is 1.12. The van der Waals surface area contributed by atoms with E-state index in [1.807, 2.05) is 29.5 Å². The van der Waals surface area contributed by atoms with Crippen LogP contribution in [-0.4, -0.2) is 47.0 Å². The highest BCUT2D eigenvalue weighted by molar-refractivity contribution is 8.76. The third-order valence-electron chi connectivity index (χ3n) is 14.3. The van der Waals surface area contributed by atoms with Crippen molar-refractivity contribution in [2.24, 2.45) is 56.8 Å². The van der Waals surface area contributed by atoms with Crippen molar-refractivity contribution in [2.75, 3.05) is 18.8 Å². The quantitative estimate of drug-likeness (QED) is 0.104. The van der Waals surface area contributed by atoms with E-state index in [2.05, 4.69) is 51.5 Å². The molecule has 4 nitrogen and oxygen atoms in total. The predicted octanol–water partition coefficient (Wildman–Crippen LogP) is 9.62. The Morgan fingerprint density at radius 3 is 2.31 bits per heavy atom. The van der Waals surface area contributed by atoms with Gasteiger partial charge >= 0.3 is 0 Å². The minimum atomic E-state index is 0.119. The van der Waals surface area contributed by atoms with Crippen molar-refractivity contribution < 1.29 is 4.79 Å². The average molecular weight is 660 g/mol. The van der Waals surface area contributed by atoms with Crippen LogP contribution >= 0.6 is 21.6 Å². The van der Waals surface area contributed by atoms with Crippen LogP contribution in [0.3, 0.4) is 0 Å². The number of hydrogen-bond donors (Lipinski definition) is 2. The molecule has 6 heteroatoms. The zero-order valence-electron chi connectivity index (χ0n) is 30.2. The topological polar surface area (TPSA) is 72.3 Å². The normalized spacial score (nSPS) is 40.0. The zero-order chi connectivity index (χ0) is 32.6. The molecule has 1 spiro atoms. The molecule has 0 radical (unpaired) electrons. The molecule has 258 valence electrons. The summed E-state index contributed by atoms with van der Waals surface area (Å²) in [5.41, 5.74) is 16.0. The summed E-state index contributed by atoms with van der Waals surface area (Å²) in [5.74, 6) is 4.75. The molecule has 0 aromatic rings. The molecule has 2 unspecified atom stereocenters. The van der Waals surface area contributed by atoms with Crippen LogP contribution in [0.15, 0.2) is 11.6 Å². The molecule has 4 N–H and O–H groups in total. The molecular weight excluding hydrogens is 591 g/mol. The molecule has 10 atom stereocenters. The van der Waals surface area contributed by atoms with Gasteiger partial charge in [-0.15, -0.1) is 0 Å². The van der Waals surface area contributed by atoms with Gasteiger partial charge in [0.2, 0.25) is 5.91 Å². The van der Waals surface area contributed by atoms with E-state index in [-0.39, 0.29) is 18.0 Å². The smallest absolute Gasteiger partial charge is 0.223 e. The van der Waals surface area contributed by atoms with Gasteiger partial charge in [0.1, 0.15) is 0 Å². The molecule has 5 aliphatic rings. The molecule has 1 amide bonds. The van der Waals surface area contributed by atoms with Crippen LogP contribution in [0.5, 0.6) is 0 Å². The lowest BCUT2D eigenvalue weighted by Crippen LogP contribution is -2.51. The molecule has 0 bridgehead atoms. The number of carbonyl (C=O) groups excluding carboxylic acids is 1. The summed E-state index contributed by atoms with van der Waals surface area (Å²) in [6.07, 6.45) is 22.1. The highest BCUT2D eigenvalue weighted by Crippen LogP contribution is 2.84. The van der Waals surface area contributed by atoms with Gasteiger partial charge in [0, 0.05) is 42.6 Å².